The average molecular weight is 232 g/mol. The summed E-state index contributed by atoms with van der Waals surface area (Å²) in [5.74, 6) is 1.94. The zero-order valence-electron chi connectivity index (χ0n) is 9.60. The van der Waals surface area contributed by atoms with Crippen LogP contribution in [0.1, 0.15) is 23.5 Å². The van der Waals surface area contributed by atoms with Crippen molar-refractivity contribution in [2.45, 2.75) is 24.9 Å². The van der Waals surface area contributed by atoms with E-state index in [4.69, 9.17) is 0 Å². The molecule has 2 N–H and O–H groups in total. The number of nitrogens with one attached hydrogen (secondary N) is 2. The third-order valence-electron chi connectivity index (χ3n) is 4.71. The molecule has 3 aliphatic heterocycles. The maximum Gasteiger partial charge on any atom is 0.290 e. The molecule has 3 saturated heterocycles. The molecule has 90 valence electrons. The largest absolute Gasteiger partial charge is 0.341 e. The van der Waals surface area contributed by atoms with Crippen molar-refractivity contribution in [3.8, 4) is 0 Å². The molecule has 4 atom stereocenters. The summed E-state index contributed by atoms with van der Waals surface area (Å²) in [5.41, 5.74) is 0. The Morgan fingerprint density at radius 2 is 2.00 bits per heavy atom. The zero-order valence-corrected chi connectivity index (χ0v) is 9.60. The van der Waals surface area contributed by atoms with Crippen LogP contribution in [0.5, 0.6) is 0 Å². The lowest BCUT2D eigenvalue weighted by Gasteiger charge is -2.23. The summed E-state index contributed by atoms with van der Waals surface area (Å²) in [6, 6.07) is 0.884. The summed E-state index contributed by atoms with van der Waals surface area (Å²) in [6.45, 7) is 2.15. The highest BCUT2D eigenvalue weighted by molar-refractivity contribution is 5.91. The second-order valence-corrected chi connectivity index (χ2v) is 5.35. The predicted octanol–water partition coefficient (Wildman–Crippen LogP) is 0.232. The SMILES string of the molecule is O=C(c1ncc[nH]1)N1[C@@H]2CC[C@H]1[C@H]1CNC[C@H]12. The molecule has 0 saturated carbocycles. The van der Waals surface area contributed by atoms with Gasteiger partial charge in [-0.3, -0.25) is 4.79 Å². The highest BCUT2D eigenvalue weighted by Crippen LogP contribution is 2.47. The van der Waals surface area contributed by atoms with Crippen LogP contribution >= 0.6 is 0 Å². The summed E-state index contributed by atoms with van der Waals surface area (Å²) in [7, 11) is 0. The fourth-order valence-corrected chi connectivity index (χ4v) is 4.07. The van der Waals surface area contributed by atoms with E-state index in [2.05, 4.69) is 20.2 Å². The number of imidazole rings is 1. The van der Waals surface area contributed by atoms with E-state index in [-0.39, 0.29) is 5.91 Å². The minimum atomic E-state index is 0.0944. The smallest absolute Gasteiger partial charge is 0.290 e. The number of amides is 1. The van der Waals surface area contributed by atoms with Crippen molar-refractivity contribution in [2.24, 2.45) is 11.8 Å². The van der Waals surface area contributed by atoms with Crippen LogP contribution in [0.15, 0.2) is 12.4 Å². The Bertz CT molecular complexity index is 425. The lowest BCUT2D eigenvalue weighted by atomic mass is 9.82. The average Bonchev–Trinajstić information content (AvgIpc) is 3.11. The number of rotatable bonds is 1. The van der Waals surface area contributed by atoms with Gasteiger partial charge < -0.3 is 15.2 Å². The molecule has 5 nitrogen and oxygen atoms in total. The number of aromatic amines is 1. The van der Waals surface area contributed by atoms with Crippen LogP contribution in [0.3, 0.4) is 0 Å². The monoisotopic (exact) mass is 232 g/mol. The van der Waals surface area contributed by atoms with Gasteiger partial charge in [0, 0.05) is 37.6 Å². The van der Waals surface area contributed by atoms with E-state index in [1.54, 1.807) is 12.4 Å². The van der Waals surface area contributed by atoms with Crippen LogP contribution in [0, 0.1) is 11.8 Å². The first-order valence-electron chi connectivity index (χ1n) is 6.39. The first-order chi connectivity index (χ1) is 8.36. The lowest BCUT2D eigenvalue weighted by molar-refractivity contribution is 0.0698. The summed E-state index contributed by atoms with van der Waals surface area (Å²) in [6.07, 6.45) is 5.70. The standard InChI is InChI=1S/C12H16N4O/c17-12(11-14-3-4-15-11)16-9-1-2-10(16)8-6-13-5-7(8)9/h3-4,7-10,13H,1-2,5-6H2,(H,14,15)/t7-,8+,9-,10+. The highest BCUT2D eigenvalue weighted by atomic mass is 16.2. The lowest BCUT2D eigenvalue weighted by Crippen LogP contribution is -2.39. The molecule has 0 spiro atoms. The molecule has 17 heavy (non-hydrogen) atoms. The molecular weight excluding hydrogens is 216 g/mol. The van der Waals surface area contributed by atoms with Crippen LogP contribution in [-0.4, -0.2) is 45.9 Å². The highest BCUT2D eigenvalue weighted by Gasteiger charge is 2.56. The molecule has 2 bridgehead atoms. The van der Waals surface area contributed by atoms with Crippen LogP contribution in [0.2, 0.25) is 0 Å². The first-order valence-corrected chi connectivity index (χ1v) is 6.39. The zero-order chi connectivity index (χ0) is 11.4. The van der Waals surface area contributed by atoms with E-state index in [0.29, 0.717) is 29.7 Å². The van der Waals surface area contributed by atoms with E-state index in [1.807, 2.05) is 0 Å². The minimum absolute atomic E-state index is 0.0944. The molecule has 3 aliphatic rings. The van der Waals surface area contributed by atoms with E-state index >= 15 is 0 Å². The molecule has 1 aromatic rings. The van der Waals surface area contributed by atoms with Crippen LogP contribution in [0.25, 0.3) is 0 Å². The Hall–Kier alpha value is -1.36. The second kappa shape index (κ2) is 3.32. The van der Waals surface area contributed by atoms with Crippen molar-refractivity contribution >= 4 is 5.91 Å². The third kappa shape index (κ3) is 1.17. The third-order valence-corrected chi connectivity index (χ3v) is 4.71. The molecule has 5 heteroatoms. The van der Waals surface area contributed by atoms with E-state index in [0.717, 1.165) is 13.1 Å². The molecule has 1 aromatic heterocycles. The van der Waals surface area contributed by atoms with Gasteiger partial charge in [0.05, 0.1) is 0 Å². The molecular formula is C12H16N4O. The molecule has 0 aliphatic carbocycles. The van der Waals surface area contributed by atoms with Crippen LogP contribution in [-0.2, 0) is 0 Å². The molecule has 0 radical (unpaired) electrons. The Morgan fingerprint density at radius 3 is 2.59 bits per heavy atom. The number of aromatic nitrogens is 2. The summed E-state index contributed by atoms with van der Waals surface area (Å²) in [5, 5.41) is 3.46. The van der Waals surface area contributed by atoms with Gasteiger partial charge in [-0.05, 0) is 24.7 Å². The summed E-state index contributed by atoms with van der Waals surface area (Å²) >= 11 is 0. The van der Waals surface area contributed by atoms with Gasteiger partial charge in [0.25, 0.3) is 5.91 Å². The van der Waals surface area contributed by atoms with E-state index in [1.165, 1.54) is 12.8 Å². The predicted molar refractivity (Wildman–Crippen MR) is 61.4 cm³/mol. The van der Waals surface area contributed by atoms with Gasteiger partial charge in [-0.15, -0.1) is 0 Å². The molecule has 4 heterocycles. The number of carbonyl (C=O) groups excluding carboxylic acids is 1. The summed E-state index contributed by atoms with van der Waals surface area (Å²) < 4.78 is 0. The van der Waals surface area contributed by atoms with Gasteiger partial charge in [-0.2, -0.15) is 0 Å². The minimum Gasteiger partial charge on any atom is -0.341 e. The van der Waals surface area contributed by atoms with Crippen molar-refractivity contribution < 1.29 is 4.79 Å². The van der Waals surface area contributed by atoms with E-state index in [9.17, 15) is 4.79 Å². The maximum atomic E-state index is 12.4. The number of H-pyrrole nitrogens is 1. The number of fused-ring (bicyclic) bond motifs is 5. The van der Waals surface area contributed by atoms with Gasteiger partial charge in [0.1, 0.15) is 0 Å². The maximum absolute atomic E-state index is 12.4. The van der Waals surface area contributed by atoms with E-state index < -0.39 is 0 Å². The molecule has 3 fully saturated rings. The van der Waals surface area contributed by atoms with Crippen molar-refractivity contribution in [1.29, 1.82) is 0 Å². The van der Waals surface area contributed by atoms with Gasteiger partial charge in [0.15, 0.2) is 5.82 Å². The number of nitrogens with zero attached hydrogens (tertiary/aromatic N) is 2. The molecule has 0 aromatic carbocycles. The topological polar surface area (TPSA) is 61.0 Å². The summed E-state index contributed by atoms with van der Waals surface area (Å²) in [4.78, 5) is 21.5. The molecule has 4 rings (SSSR count). The van der Waals surface area contributed by atoms with Crippen LogP contribution < -0.4 is 5.32 Å². The number of hydrogen-bond donors (Lipinski definition) is 2. The normalized spacial score (nSPS) is 38.7. The quantitative estimate of drug-likeness (QED) is 0.728. The Morgan fingerprint density at radius 1 is 1.29 bits per heavy atom. The number of hydrogen-bond acceptors (Lipinski definition) is 3. The first kappa shape index (κ1) is 9.65. The van der Waals surface area contributed by atoms with Crippen molar-refractivity contribution in [3.63, 3.8) is 0 Å². The van der Waals surface area contributed by atoms with Crippen molar-refractivity contribution in [1.82, 2.24) is 20.2 Å². The molecule has 1 amide bonds. The Kier molecular flexibility index (Phi) is 1.88. The Labute approximate surface area is 99.6 Å². The Balaban J connectivity index is 1.66. The van der Waals surface area contributed by atoms with Gasteiger partial charge in [-0.1, -0.05) is 0 Å². The number of carbonyl (C=O) groups is 1. The fourth-order valence-electron chi connectivity index (χ4n) is 4.07. The van der Waals surface area contributed by atoms with Crippen molar-refractivity contribution in [3.05, 3.63) is 18.2 Å². The van der Waals surface area contributed by atoms with Gasteiger partial charge in [0.2, 0.25) is 0 Å². The van der Waals surface area contributed by atoms with Gasteiger partial charge in [-0.25, -0.2) is 4.98 Å². The van der Waals surface area contributed by atoms with Crippen LogP contribution in [0.4, 0.5) is 0 Å². The fraction of sp³-hybridized carbons (Fsp3) is 0.667. The second-order valence-electron chi connectivity index (χ2n) is 5.35. The van der Waals surface area contributed by atoms with Gasteiger partial charge >= 0.3 is 0 Å². The molecule has 0 unspecified atom stereocenters. The van der Waals surface area contributed by atoms with Crippen molar-refractivity contribution in [2.75, 3.05) is 13.1 Å².